The molecule has 1 saturated heterocycles. The molecule has 4 nitrogen and oxygen atoms in total. The van der Waals surface area contributed by atoms with Gasteiger partial charge in [-0.25, -0.2) is 0 Å². The predicted octanol–water partition coefficient (Wildman–Crippen LogP) is 1.43. The summed E-state index contributed by atoms with van der Waals surface area (Å²) in [4.78, 5) is 14.1. The van der Waals surface area contributed by atoms with E-state index < -0.39 is 0 Å². The van der Waals surface area contributed by atoms with E-state index in [9.17, 15) is 9.90 Å². The molecule has 1 aromatic rings. The Morgan fingerprint density at radius 3 is 3.11 bits per heavy atom. The second kappa shape index (κ2) is 5.98. The molecule has 1 aliphatic heterocycles. The molecule has 0 radical (unpaired) electrons. The zero-order valence-electron chi connectivity index (χ0n) is 10.6. The highest BCUT2D eigenvalue weighted by Crippen LogP contribution is 2.20. The van der Waals surface area contributed by atoms with Crippen molar-refractivity contribution in [3.05, 3.63) is 35.4 Å². The van der Waals surface area contributed by atoms with Crippen LogP contribution in [-0.2, 0) is 11.3 Å². The van der Waals surface area contributed by atoms with Gasteiger partial charge < -0.3 is 14.7 Å². The van der Waals surface area contributed by atoms with Gasteiger partial charge in [0.15, 0.2) is 0 Å². The molecule has 1 atom stereocenters. The molecular formula is C14H19NO3. The van der Waals surface area contributed by atoms with Crippen molar-refractivity contribution in [2.75, 3.05) is 20.3 Å². The molecule has 1 N–H and O–H groups in total. The molecule has 0 aromatic heterocycles. The number of rotatable bonds is 4. The standard InChI is InChI=1S/C14H19NO3/c1-18-10-11-4-2-5-12(8-11)14(17)15-7-3-6-13(15)9-16/h2,4-5,8,13,16H,3,6-7,9-10H2,1H3. The maximum absolute atomic E-state index is 12.3. The average molecular weight is 249 g/mol. The van der Waals surface area contributed by atoms with Crippen LogP contribution >= 0.6 is 0 Å². The molecule has 0 spiro atoms. The lowest BCUT2D eigenvalue weighted by molar-refractivity contribution is 0.0677. The number of aliphatic hydroxyl groups excluding tert-OH is 1. The molecule has 0 saturated carbocycles. The predicted molar refractivity (Wildman–Crippen MR) is 68.3 cm³/mol. The Kier molecular flexibility index (Phi) is 4.33. The normalized spacial score (nSPS) is 19.2. The number of ether oxygens (including phenoxy) is 1. The number of carbonyl (C=O) groups excluding carboxylic acids is 1. The maximum atomic E-state index is 12.3. The van der Waals surface area contributed by atoms with Crippen LogP contribution in [0.25, 0.3) is 0 Å². The minimum Gasteiger partial charge on any atom is -0.394 e. The fourth-order valence-corrected chi connectivity index (χ4v) is 2.42. The van der Waals surface area contributed by atoms with Gasteiger partial charge in [0, 0.05) is 19.2 Å². The van der Waals surface area contributed by atoms with Gasteiger partial charge in [0.05, 0.1) is 19.3 Å². The third kappa shape index (κ3) is 2.71. The van der Waals surface area contributed by atoms with Crippen LogP contribution in [0.2, 0.25) is 0 Å². The van der Waals surface area contributed by atoms with E-state index in [4.69, 9.17) is 4.74 Å². The van der Waals surface area contributed by atoms with Gasteiger partial charge in [-0.15, -0.1) is 0 Å². The molecule has 1 unspecified atom stereocenters. The Morgan fingerprint density at radius 2 is 2.39 bits per heavy atom. The first-order valence-corrected chi connectivity index (χ1v) is 6.26. The number of hydrogen-bond acceptors (Lipinski definition) is 3. The van der Waals surface area contributed by atoms with Gasteiger partial charge >= 0.3 is 0 Å². The minimum absolute atomic E-state index is 0.00417. The molecule has 1 heterocycles. The molecule has 0 aliphatic carbocycles. The Balaban J connectivity index is 2.15. The second-order valence-electron chi connectivity index (χ2n) is 4.61. The first-order valence-electron chi connectivity index (χ1n) is 6.26. The molecule has 1 fully saturated rings. The quantitative estimate of drug-likeness (QED) is 0.878. The van der Waals surface area contributed by atoms with Crippen molar-refractivity contribution in [2.24, 2.45) is 0 Å². The topological polar surface area (TPSA) is 49.8 Å². The summed E-state index contributed by atoms with van der Waals surface area (Å²) in [6.07, 6.45) is 1.86. The first-order chi connectivity index (χ1) is 8.76. The average Bonchev–Trinajstić information content (AvgIpc) is 2.87. The van der Waals surface area contributed by atoms with Crippen molar-refractivity contribution in [3.63, 3.8) is 0 Å². The van der Waals surface area contributed by atoms with Gasteiger partial charge in [0.1, 0.15) is 0 Å². The molecule has 4 heteroatoms. The van der Waals surface area contributed by atoms with Gasteiger partial charge in [-0.2, -0.15) is 0 Å². The minimum atomic E-state index is -0.0245. The fourth-order valence-electron chi connectivity index (χ4n) is 2.42. The summed E-state index contributed by atoms with van der Waals surface area (Å²) in [6, 6.07) is 7.45. The third-order valence-corrected chi connectivity index (χ3v) is 3.33. The summed E-state index contributed by atoms with van der Waals surface area (Å²) >= 11 is 0. The van der Waals surface area contributed by atoms with E-state index in [1.807, 2.05) is 24.3 Å². The van der Waals surface area contributed by atoms with E-state index >= 15 is 0 Å². The molecular weight excluding hydrogens is 230 g/mol. The van der Waals surface area contributed by atoms with E-state index in [1.165, 1.54) is 0 Å². The van der Waals surface area contributed by atoms with E-state index in [2.05, 4.69) is 0 Å². The smallest absolute Gasteiger partial charge is 0.254 e. The lowest BCUT2D eigenvalue weighted by Gasteiger charge is -2.23. The van der Waals surface area contributed by atoms with Crippen LogP contribution in [0.4, 0.5) is 0 Å². The number of nitrogens with zero attached hydrogens (tertiary/aromatic N) is 1. The SMILES string of the molecule is COCc1cccc(C(=O)N2CCCC2CO)c1. The monoisotopic (exact) mass is 249 g/mol. The van der Waals surface area contributed by atoms with Gasteiger partial charge in [-0.1, -0.05) is 12.1 Å². The van der Waals surface area contributed by atoms with Crippen molar-refractivity contribution < 1.29 is 14.6 Å². The molecule has 2 rings (SSSR count). The highest BCUT2D eigenvalue weighted by atomic mass is 16.5. The number of aliphatic hydroxyl groups is 1. The van der Waals surface area contributed by atoms with Crippen LogP contribution < -0.4 is 0 Å². The first kappa shape index (κ1) is 13.1. The molecule has 1 aromatic carbocycles. The number of amides is 1. The van der Waals surface area contributed by atoms with Gasteiger partial charge in [0.25, 0.3) is 5.91 Å². The van der Waals surface area contributed by atoms with Crippen molar-refractivity contribution in [2.45, 2.75) is 25.5 Å². The molecule has 0 bridgehead atoms. The summed E-state index contributed by atoms with van der Waals surface area (Å²) in [5.41, 5.74) is 1.66. The Morgan fingerprint density at radius 1 is 1.56 bits per heavy atom. The Bertz CT molecular complexity index is 419. The Labute approximate surface area is 107 Å². The maximum Gasteiger partial charge on any atom is 0.254 e. The lowest BCUT2D eigenvalue weighted by atomic mass is 10.1. The van der Waals surface area contributed by atoms with Gasteiger partial charge in [-0.05, 0) is 30.5 Å². The summed E-state index contributed by atoms with van der Waals surface area (Å²) in [5, 5.41) is 9.26. The summed E-state index contributed by atoms with van der Waals surface area (Å²) in [6.45, 7) is 1.28. The van der Waals surface area contributed by atoms with Crippen LogP contribution in [-0.4, -0.2) is 42.2 Å². The summed E-state index contributed by atoms with van der Waals surface area (Å²) in [5.74, 6) is 0.00417. The molecule has 98 valence electrons. The van der Waals surface area contributed by atoms with Crippen LogP contribution in [0.1, 0.15) is 28.8 Å². The zero-order valence-corrected chi connectivity index (χ0v) is 10.6. The lowest BCUT2D eigenvalue weighted by Crippen LogP contribution is -2.37. The van der Waals surface area contributed by atoms with E-state index in [0.717, 1.165) is 24.9 Å². The number of carbonyl (C=O) groups is 1. The molecule has 18 heavy (non-hydrogen) atoms. The summed E-state index contributed by atoms with van der Waals surface area (Å²) in [7, 11) is 1.64. The third-order valence-electron chi connectivity index (χ3n) is 3.33. The summed E-state index contributed by atoms with van der Waals surface area (Å²) < 4.78 is 5.07. The number of benzene rings is 1. The van der Waals surface area contributed by atoms with Crippen molar-refractivity contribution in [1.29, 1.82) is 0 Å². The fraction of sp³-hybridized carbons (Fsp3) is 0.500. The Hall–Kier alpha value is -1.39. The largest absolute Gasteiger partial charge is 0.394 e. The molecule has 1 aliphatic rings. The van der Waals surface area contributed by atoms with Gasteiger partial charge in [-0.3, -0.25) is 4.79 Å². The van der Waals surface area contributed by atoms with Crippen molar-refractivity contribution in [3.8, 4) is 0 Å². The van der Waals surface area contributed by atoms with Crippen molar-refractivity contribution in [1.82, 2.24) is 4.90 Å². The van der Waals surface area contributed by atoms with Crippen LogP contribution in [0, 0.1) is 0 Å². The van der Waals surface area contributed by atoms with Crippen LogP contribution in [0.3, 0.4) is 0 Å². The highest BCUT2D eigenvalue weighted by Gasteiger charge is 2.28. The van der Waals surface area contributed by atoms with Crippen molar-refractivity contribution >= 4 is 5.91 Å². The van der Waals surface area contributed by atoms with E-state index in [-0.39, 0.29) is 18.6 Å². The van der Waals surface area contributed by atoms with Crippen LogP contribution in [0.5, 0.6) is 0 Å². The van der Waals surface area contributed by atoms with E-state index in [0.29, 0.717) is 12.2 Å². The number of hydrogen-bond donors (Lipinski definition) is 1. The number of methoxy groups -OCH3 is 1. The molecule has 1 amide bonds. The van der Waals surface area contributed by atoms with Gasteiger partial charge in [0.2, 0.25) is 0 Å². The van der Waals surface area contributed by atoms with Crippen LogP contribution in [0.15, 0.2) is 24.3 Å². The highest BCUT2D eigenvalue weighted by molar-refractivity contribution is 5.94. The zero-order chi connectivity index (χ0) is 13.0. The second-order valence-corrected chi connectivity index (χ2v) is 4.61. The number of likely N-dealkylation sites (tertiary alicyclic amines) is 1. The van der Waals surface area contributed by atoms with E-state index in [1.54, 1.807) is 12.0 Å².